The Balaban J connectivity index is 1.83. The molecule has 0 spiro atoms. The number of carbonyl (C=O) groups is 2. The van der Waals surface area contributed by atoms with E-state index in [1.54, 1.807) is 36.4 Å². The van der Waals surface area contributed by atoms with Crippen molar-refractivity contribution >= 4 is 34.4 Å². The third kappa shape index (κ3) is 5.98. The third-order valence-electron chi connectivity index (χ3n) is 4.93. The number of aromatic nitrogens is 2. The molecule has 0 aliphatic heterocycles. The predicted molar refractivity (Wildman–Crippen MR) is 128 cm³/mol. The molecule has 0 saturated carbocycles. The molecule has 1 aromatic heterocycles. The molecule has 0 bridgehead atoms. The van der Waals surface area contributed by atoms with Gasteiger partial charge in [-0.15, -0.1) is 6.42 Å². The third-order valence-corrected chi connectivity index (χ3v) is 4.93. The Morgan fingerprint density at radius 2 is 1.94 bits per heavy atom. The van der Waals surface area contributed by atoms with Crippen LogP contribution in [-0.2, 0) is 16.1 Å². The minimum Gasteiger partial charge on any atom is -0.465 e. The Bertz CT molecular complexity index is 1260. The van der Waals surface area contributed by atoms with Crippen molar-refractivity contribution in [2.45, 2.75) is 26.8 Å². The molecule has 170 valence electrons. The zero-order chi connectivity index (χ0) is 24.0. The van der Waals surface area contributed by atoms with E-state index in [0.29, 0.717) is 36.0 Å². The fourth-order valence-corrected chi connectivity index (χ4v) is 3.39. The van der Waals surface area contributed by atoms with E-state index in [-0.39, 0.29) is 23.3 Å². The summed E-state index contributed by atoms with van der Waals surface area (Å²) in [5.74, 6) is 2.35. The Kier molecular flexibility index (Phi) is 7.46. The highest BCUT2D eigenvalue weighted by Crippen LogP contribution is 2.20. The number of benzene rings is 2. The fraction of sp³-hybridized carbons (Fsp3) is 0.280. The van der Waals surface area contributed by atoms with Gasteiger partial charge in [0.05, 0.1) is 30.1 Å². The van der Waals surface area contributed by atoms with Crippen LogP contribution in [0.1, 0.15) is 36.2 Å². The summed E-state index contributed by atoms with van der Waals surface area (Å²) >= 11 is 0. The van der Waals surface area contributed by atoms with Crippen molar-refractivity contribution in [3.05, 3.63) is 63.9 Å². The van der Waals surface area contributed by atoms with Gasteiger partial charge in [0.2, 0.25) is 11.9 Å². The zero-order valence-corrected chi connectivity index (χ0v) is 18.8. The summed E-state index contributed by atoms with van der Waals surface area (Å²) in [5, 5.41) is 3.05. The smallest absolute Gasteiger partial charge is 0.337 e. The summed E-state index contributed by atoms with van der Waals surface area (Å²) in [4.78, 5) is 45.2. The molecule has 8 heteroatoms. The number of rotatable bonds is 8. The van der Waals surface area contributed by atoms with Gasteiger partial charge in [-0.2, -0.15) is 0 Å². The lowest BCUT2D eigenvalue weighted by atomic mass is 10.1. The first-order chi connectivity index (χ1) is 15.8. The second kappa shape index (κ2) is 10.5. The second-order valence-corrected chi connectivity index (χ2v) is 8.01. The van der Waals surface area contributed by atoms with E-state index < -0.39 is 5.97 Å². The number of nitrogens with one attached hydrogen (secondary N) is 2. The number of hydrogen-bond donors (Lipinski definition) is 2. The quantitative estimate of drug-likeness (QED) is 0.406. The molecule has 0 atom stereocenters. The lowest BCUT2D eigenvalue weighted by Crippen LogP contribution is -2.23. The van der Waals surface area contributed by atoms with Crippen LogP contribution in [0.15, 0.2) is 47.3 Å². The van der Waals surface area contributed by atoms with E-state index in [1.165, 1.54) is 7.11 Å². The number of ether oxygens (including phenoxy) is 1. The number of esters is 1. The summed E-state index contributed by atoms with van der Waals surface area (Å²) in [6.45, 7) is 4.67. The van der Waals surface area contributed by atoms with Crippen LogP contribution in [0.3, 0.4) is 0 Å². The van der Waals surface area contributed by atoms with Gasteiger partial charge in [0.25, 0.3) is 5.56 Å². The van der Waals surface area contributed by atoms with E-state index in [2.05, 4.69) is 21.2 Å². The lowest BCUT2D eigenvalue weighted by Gasteiger charge is -2.23. The molecule has 3 rings (SSSR count). The second-order valence-electron chi connectivity index (χ2n) is 8.01. The Hall–Kier alpha value is -4.12. The molecule has 2 aromatic carbocycles. The molecule has 0 aliphatic rings. The minimum atomic E-state index is -0.411. The summed E-state index contributed by atoms with van der Waals surface area (Å²) in [5.41, 5.74) is 2.28. The van der Waals surface area contributed by atoms with Gasteiger partial charge < -0.3 is 9.64 Å². The number of aromatic amines is 1. The first-order valence-corrected chi connectivity index (χ1v) is 10.5. The monoisotopic (exact) mass is 446 g/mol. The summed E-state index contributed by atoms with van der Waals surface area (Å²) in [6.07, 6.45) is 5.90. The number of fused-ring (bicyclic) bond motifs is 1. The van der Waals surface area contributed by atoms with Crippen molar-refractivity contribution in [2.24, 2.45) is 5.92 Å². The number of nitrogens with zero attached hydrogens (tertiary/aromatic N) is 2. The number of H-pyrrole nitrogens is 1. The number of methoxy groups -OCH3 is 1. The maximum Gasteiger partial charge on any atom is 0.337 e. The highest BCUT2D eigenvalue weighted by molar-refractivity contribution is 5.90. The number of carbonyl (C=O) groups excluding carboxylic acids is 2. The first kappa shape index (κ1) is 23.5. The highest BCUT2D eigenvalue weighted by atomic mass is 16.5. The molecule has 33 heavy (non-hydrogen) atoms. The van der Waals surface area contributed by atoms with E-state index in [1.807, 2.05) is 24.8 Å². The zero-order valence-electron chi connectivity index (χ0n) is 18.8. The molecule has 2 N–H and O–H groups in total. The topological polar surface area (TPSA) is 104 Å². The van der Waals surface area contributed by atoms with Gasteiger partial charge in [-0.1, -0.05) is 25.8 Å². The van der Waals surface area contributed by atoms with E-state index in [4.69, 9.17) is 11.2 Å². The number of hydrogen-bond acceptors (Lipinski definition) is 6. The molecule has 3 aromatic rings. The SMILES string of the molecule is C#CCN(Cc1ccc2nc(NC(=O)CC(C)C)[nH]c(=O)c2c1)c1ccc(C(=O)OC)cc1. The lowest BCUT2D eigenvalue weighted by molar-refractivity contribution is -0.116. The van der Waals surface area contributed by atoms with Crippen LogP contribution in [0.2, 0.25) is 0 Å². The fourth-order valence-electron chi connectivity index (χ4n) is 3.39. The Morgan fingerprint density at radius 1 is 1.21 bits per heavy atom. The van der Waals surface area contributed by atoms with Crippen molar-refractivity contribution < 1.29 is 14.3 Å². The normalized spacial score (nSPS) is 10.6. The molecule has 1 amide bonds. The van der Waals surface area contributed by atoms with Crippen LogP contribution < -0.4 is 15.8 Å². The molecule has 0 radical (unpaired) electrons. The van der Waals surface area contributed by atoms with Gasteiger partial charge in [-0.3, -0.25) is 19.9 Å². The van der Waals surface area contributed by atoms with Crippen LogP contribution in [0.25, 0.3) is 10.9 Å². The van der Waals surface area contributed by atoms with Gasteiger partial charge in [-0.05, 0) is 47.9 Å². The molecule has 8 nitrogen and oxygen atoms in total. The maximum atomic E-state index is 12.6. The summed E-state index contributed by atoms with van der Waals surface area (Å²) < 4.78 is 4.73. The van der Waals surface area contributed by atoms with Crippen molar-refractivity contribution in [3.8, 4) is 12.3 Å². The van der Waals surface area contributed by atoms with Gasteiger partial charge in [0, 0.05) is 18.7 Å². The van der Waals surface area contributed by atoms with Gasteiger partial charge >= 0.3 is 5.97 Å². The largest absolute Gasteiger partial charge is 0.465 e. The van der Waals surface area contributed by atoms with Crippen molar-refractivity contribution in [1.29, 1.82) is 0 Å². The van der Waals surface area contributed by atoms with Gasteiger partial charge in [0.15, 0.2) is 0 Å². The molecule has 0 aliphatic carbocycles. The standard InChI is InChI=1S/C25H26N4O4/c1-5-12-29(19-9-7-18(8-10-19)24(32)33-4)15-17-6-11-21-20(14-17)23(31)28-25(26-21)27-22(30)13-16(2)3/h1,6-11,14,16H,12-13,15H2,2-4H3,(H2,26,27,28,30,31). The predicted octanol–water partition coefficient (Wildman–Crippen LogP) is 3.33. The number of amides is 1. The van der Waals surface area contributed by atoms with Crippen LogP contribution in [0.4, 0.5) is 11.6 Å². The molecule has 1 heterocycles. The van der Waals surface area contributed by atoms with Crippen LogP contribution in [0, 0.1) is 18.3 Å². The van der Waals surface area contributed by atoms with Gasteiger partial charge in [-0.25, -0.2) is 9.78 Å². The molecule has 0 fully saturated rings. The van der Waals surface area contributed by atoms with Crippen molar-refractivity contribution in [3.63, 3.8) is 0 Å². The van der Waals surface area contributed by atoms with Crippen LogP contribution in [0.5, 0.6) is 0 Å². The first-order valence-electron chi connectivity index (χ1n) is 10.5. The minimum absolute atomic E-state index is 0.130. The van der Waals surface area contributed by atoms with E-state index >= 15 is 0 Å². The summed E-state index contributed by atoms with van der Waals surface area (Å²) in [6, 6.07) is 12.3. The van der Waals surface area contributed by atoms with Gasteiger partial charge in [0.1, 0.15) is 0 Å². The molecular formula is C25H26N4O4. The Morgan fingerprint density at radius 3 is 2.58 bits per heavy atom. The highest BCUT2D eigenvalue weighted by Gasteiger charge is 2.12. The van der Waals surface area contributed by atoms with Crippen LogP contribution in [-0.4, -0.2) is 35.5 Å². The average Bonchev–Trinajstić information content (AvgIpc) is 2.78. The molecular weight excluding hydrogens is 420 g/mol. The van der Waals surface area contributed by atoms with Crippen molar-refractivity contribution in [2.75, 3.05) is 23.9 Å². The maximum absolute atomic E-state index is 12.6. The molecule has 0 unspecified atom stereocenters. The summed E-state index contributed by atoms with van der Waals surface area (Å²) in [7, 11) is 1.33. The Labute approximate surface area is 192 Å². The number of anilines is 2. The van der Waals surface area contributed by atoms with Crippen LogP contribution >= 0.6 is 0 Å². The van der Waals surface area contributed by atoms with E-state index in [9.17, 15) is 14.4 Å². The van der Waals surface area contributed by atoms with Crippen molar-refractivity contribution in [1.82, 2.24) is 9.97 Å². The number of terminal acetylenes is 1. The van der Waals surface area contributed by atoms with E-state index in [0.717, 1.165) is 11.3 Å². The molecule has 0 saturated heterocycles. The average molecular weight is 447 g/mol.